The van der Waals surface area contributed by atoms with Gasteiger partial charge in [-0.3, -0.25) is 19.5 Å². The number of anilines is 1. The highest BCUT2D eigenvalue weighted by Crippen LogP contribution is 2.51. The first-order valence-corrected chi connectivity index (χ1v) is 10.3. The third-order valence-electron chi connectivity index (χ3n) is 6.23. The number of nitrogens with one attached hydrogen (secondary N) is 1. The average Bonchev–Trinajstić information content (AvgIpc) is 2.78. The molecule has 2 aromatic rings. The molecule has 1 aliphatic heterocycles. The maximum Gasteiger partial charge on any atom is 0.244 e. The van der Waals surface area contributed by atoms with Gasteiger partial charge in [0, 0.05) is 24.6 Å². The summed E-state index contributed by atoms with van der Waals surface area (Å²) in [5.74, 6) is 0.750. The van der Waals surface area contributed by atoms with Gasteiger partial charge in [-0.05, 0) is 61.2 Å². The molecule has 2 amide bonds. The summed E-state index contributed by atoms with van der Waals surface area (Å²) in [5, 5.41) is 3.07. The predicted octanol–water partition coefficient (Wildman–Crippen LogP) is 3.11. The predicted molar refractivity (Wildman–Crippen MR) is 111 cm³/mol. The molecule has 2 aliphatic rings. The molecule has 1 aromatic heterocycles. The van der Waals surface area contributed by atoms with Crippen LogP contribution in [0, 0.1) is 5.41 Å². The quantitative estimate of drug-likeness (QED) is 0.766. The van der Waals surface area contributed by atoms with Crippen molar-refractivity contribution in [1.82, 2.24) is 10.3 Å². The topological polar surface area (TPSA) is 71.5 Å². The number of ether oxygens (including phenoxy) is 1. The number of rotatable bonds is 6. The van der Waals surface area contributed by atoms with E-state index in [-0.39, 0.29) is 11.8 Å². The van der Waals surface area contributed by atoms with Gasteiger partial charge < -0.3 is 10.1 Å². The van der Waals surface area contributed by atoms with Crippen molar-refractivity contribution < 1.29 is 14.3 Å². The molecular formula is C23H27N3O3. The van der Waals surface area contributed by atoms with Gasteiger partial charge in [0.15, 0.2) is 0 Å². The number of hydrogen-bond donors (Lipinski definition) is 1. The van der Waals surface area contributed by atoms with Crippen molar-refractivity contribution in [3.8, 4) is 5.75 Å². The van der Waals surface area contributed by atoms with E-state index < -0.39 is 11.5 Å². The Morgan fingerprint density at radius 1 is 1.14 bits per heavy atom. The summed E-state index contributed by atoms with van der Waals surface area (Å²) in [6, 6.07) is 10.8. The Hall–Kier alpha value is -2.89. The zero-order chi connectivity index (χ0) is 20.3. The lowest BCUT2D eigenvalue weighted by atomic mass is 9.61. The highest BCUT2D eigenvalue weighted by Gasteiger charge is 2.63. The van der Waals surface area contributed by atoms with Gasteiger partial charge in [0.2, 0.25) is 11.8 Å². The van der Waals surface area contributed by atoms with Crippen LogP contribution >= 0.6 is 0 Å². The first-order valence-electron chi connectivity index (χ1n) is 10.3. The molecule has 6 nitrogen and oxygen atoms in total. The third-order valence-corrected chi connectivity index (χ3v) is 6.23. The molecule has 2 heterocycles. The molecule has 6 heteroatoms. The van der Waals surface area contributed by atoms with Crippen LogP contribution in [0.3, 0.4) is 0 Å². The molecule has 4 rings (SSSR count). The minimum Gasteiger partial charge on any atom is -0.497 e. The summed E-state index contributed by atoms with van der Waals surface area (Å²) in [4.78, 5) is 32.1. The van der Waals surface area contributed by atoms with Gasteiger partial charge >= 0.3 is 0 Å². The number of β-lactam (4-membered cyclic amide) rings is 1. The Morgan fingerprint density at radius 3 is 2.48 bits per heavy atom. The maximum absolute atomic E-state index is 13.2. The van der Waals surface area contributed by atoms with Crippen LogP contribution in [0.5, 0.6) is 5.75 Å². The summed E-state index contributed by atoms with van der Waals surface area (Å²) in [6.45, 7) is 0.542. The molecule has 152 valence electrons. The smallest absolute Gasteiger partial charge is 0.244 e. The molecule has 1 saturated carbocycles. The molecule has 2 fully saturated rings. The molecular weight excluding hydrogens is 366 g/mol. The van der Waals surface area contributed by atoms with Crippen molar-refractivity contribution in [1.29, 1.82) is 0 Å². The van der Waals surface area contributed by atoms with Crippen LogP contribution in [0.4, 0.5) is 5.69 Å². The van der Waals surface area contributed by atoms with E-state index in [2.05, 4.69) is 10.3 Å². The fourth-order valence-electron chi connectivity index (χ4n) is 4.68. The second kappa shape index (κ2) is 8.23. The highest BCUT2D eigenvalue weighted by atomic mass is 16.5. The van der Waals surface area contributed by atoms with Gasteiger partial charge in [0.05, 0.1) is 12.5 Å². The molecule has 1 saturated heterocycles. The number of methoxy groups -OCH3 is 1. The molecule has 1 aliphatic carbocycles. The second-order valence-electron chi connectivity index (χ2n) is 7.89. The van der Waals surface area contributed by atoms with E-state index >= 15 is 0 Å². The van der Waals surface area contributed by atoms with Gasteiger partial charge in [0.25, 0.3) is 0 Å². The molecule has 0 radical (unpaired) electrons. The van der Waals surface area contributed by atoms with Crippen LogP contribution in [-0.2, 0) is 16.0 Å². The number of amides is 2. The van der Waals surface area contributed by atoms with E-state index in [4.69, 9.17) is 4.74 Å². The average molecular weight is 393 g/mol. The normalized spacial score (nSPS) is 20.2. The number of aromatic nitrogens is 1. The van der Waals surface area contributed by atoms with Crippen molar-refractivity contribution in [2.75, 3.05) is 18.6 Å². The van der Waals surface area contributed by atoms with Crippen LogP contribution in [0.25, 0.3) is 0 Å². The second-order valence-corrected chi connectivity index (χ2v) is 7.89. The zero-order valence-electron chi connectivity index (χ0n) is 16.8. The molecule has 1 N–H and O–H groups in total. The fraction of sp³-hybridized carbons (Fsp3) is 0.435. The van der Waals surface area contributed by atoms with E-state index in [1.54, 1.807) is 24.4 Å². The number of pyridine rings is 1. The van der Waals surface area contributed by atoms with Crippen LogP contribution in [0.2, 0.25) is 0 Å². The highest BCUT2D eigenvalue weighted by molar-refractivity contribution is 6.14. The summed E-state index contributed by atoms with van der Waals surface area (Å²) >= 11 is 0. The Labute approximate surface area is 171 Å². The van der Waals surface area contributed by atoms with Crippen molar-refractivity contribution >= 4 is 17.5 Å². The Kier molecular flexibility index (Phi) is 5.51. The maximum atomic E-state index is 13.2. The van der Waals surface area contributed by atoms with Gasteiger partial charge in [-0.25, -0.2) is 0 Å². The molecule has 1 aromatic carbocycles. The van der Waals surface area contributed by atoms with E-state index in [1.807, 2.05) is 36.4 Å². The van der Waals surface area contributed by atoms with E-state index in [0.29, 0.717) is 6.54 Å². The lowest BCUT2D eigenvalue weighted by Gasteiger charge is -2.56. The number of carbonyl (C=O) groups is 2. The Balaban J connectivity index is 1.51. The summed E-state index contributed by atoms with van der Waals surface area (Å²) in [6.07, 6.45) is 8.97. The number of carbonyl (C=O) groups excluding carboxylic acids is 2. The third kappa shape index (κ3) is 3.59. The zero-order valence-corrected chi connectivity index (χ0v) is 16.8. The number of benzene rings is 1. The summed E-state index contributed by atoms with van der Waals surface area (Å²) in [7, 11) is 1.61. The van der Waals surface area contributed by atoms with Crippen LogP contribution in [0.15, 0.2) is 48.8 Å². The molecule has 1 unspecified atom stereocenters. The van der Waals surface area contributed by atoms with Gasteiger partial charge in [-0.2, -0.15) is 0 Å². The molecule has 1 spiro atoms. The SMILES string of the molecule is COc1ccc(N2C(=O)C3(CCCCC3)C2C(=O)NCCc2ccncc2)cc1. The number of hydrogen-bond acceptors (Lipinski definition) is 4. The summed E-state index contributed by atoms with van der Waals surface area (Å²) in [5.41, 5.74) is 1.34. The lowest BCUT2D eigenvalue weighted by molar-refractivity contribution is -0.150. The molecule has 0 bridgehead atoms. The Morgan fingerprint density at radius 2 is 1.83 bits per heavy atom. The minimum absolute atomic E-state index is 0.0589. The molecule has 1 atom stereocenters. The fourth-order valence-corrected chi connectivity index (χ4v) is 4.68. The van der Waals surface area contributed by atoms with E-state index in [0.717, 1.165) is 55.5 Å². The van der Waals surface area contributed by atoms with Gasteiger partial charge in [-0.15, -0.1) is 0 Å². The van der Waals surface area contributed by atoms with Crippen molar-refractivity contribution in [3.63, 3.8) is 0 Å². The Bertz CT molecular complexity index is 861. The van der Waals surface area contributed by atoms with Crippen LogP contribution in [0.1, 0.15) is 37.7 Å². The minimum atomic E-state index is -0.543. The van der Waals surface area contributed by atoms with Gasteiger partial charge in [-0.1, -0.05) is 19.3 Å². The monoisotopic (exact) mass is 393 g/mol. The van der Waals surface area contributed by atoms with Crippen molar-refractivity contribution in [2.45, 2.75) is 44.6 Å². The van der Waals surface area contributed by atoms with Gasteiger partial charge in [0.1, 0.15) is 11.8 Å². The van der Waals surface area contributed by atoms with Crippen LogP contribution in [-0.4, -0.2) is 36.5 Å². The van der Waals surface area contributed by atoms with Crippen molar-refractivity contribution in [2.24, 2.45) is 5.41 Å². The largest absolute Gasteiger partial charge is 0.497 e. The summed E-state index contributed by atoms with van der Waals surface area (Å²) < 4.78 is 5.22. The van der Waals surface area contributed by atoms with Crippen LogP contribution < -0.4 is 15.0 Å². The number of nitrogens with zero attached hydrogens (tertiary/aromatic N) is 2. The molecule has 29 heavy (non-hydrogen) atoms. The lowest BCUT2D eigenvalue weighted by Crippen LogP contribution is -2.74. The van der Waals surface area contributed by atoms with E-state index in [1.165, 1.54) is 0 Å². The first-order chi connectivity index (χ1) is 14.2. The first kappa shape index (κ1) is 19.4. The van der Waals surface area contributed by atoms with Crippen molar-refractivity contribution in [3.05, 3.63) is 54.4 Å². The standard InChI is InChI=1S/C23H27N3O3/c1-29-19-7-5-18(6-8-19)26-20(23(22(26)28)12-3-2-4-13-23)21(27)25-16-11-17-9-14-24-15-10-17/h5-10,14-15,20H,2-4,11-13,16H2,1H3,(H,25,27). The van der Waals surface area contributed by atoms with E-state index in [9.17, 15) is 9.59 Å².